The second-order valence-electron chi connectivity index (χ2n) is 6.24. The van der Waals surface area contributed by atoms with Gasteiger partial charge in [-0.25, -0.2) is 0 Å². The number of carbonyl (C=O) groups is 2. The summed E-state index contributed by atoms with van der Waals surface area (Å²) in [5, 5.41) is 0. The zero-order chi connectivity index (χ0) is 16.4. The molecule has 1 aromatic rings. The third-order valence-corrected chi connectivity index (χ3v) is 5.08. The van der Waals surface area contributed by atoms with E-state index in [9.17, 15) is 9.59 Å². The van der Waals surface area contributed by atoms with E-state index in [1.807, 2.05) is 22.8 Å². The highest BCUT2D eigenvalue weighted by molar-refractivity contribution is 5.92. The van der Waals surface area contributed by atoms with E-state index in [0.29, 0.717) is 25.3 Å². The maximum Gasteiger partial charge on any atom is 0.270 e. The number of morpholine rings is 1. The van der Waals surface area contributed by atoms with Crippen molar-refractivity contribution in [2.45, 2.75) is 31.4 Å². The molecule has 0 aliphatic carbocycles. The average Bonchev–Trinajstić information content (AvgIpc) is 3.10. The number of aromatic amines is 1. The second kappa shape index (κ2) is 6.20. The normalized spacial score (nSPS) is 24.0. The molecular weight excluding hydrogens is 294 g/mol. The molecule has 23 heavy (non-hydrogen) atoms. The van der Waals surface area contributed by atoms with Crippen LogP contribution >= 0.6 is 0 Å². The monoisotopic (exact) mass is 317 g/mol. The summed E-state index contributed by atoms with van der Waals surface area (Å²) in [5.74, 6) is 0.0280. The van der Waals surface area contributed by atoms with Crippen LogP contribution in [0.4, 0.5) is 0 Å². The first-order chi connectivity index (χ1) is 11.1. The van der Waals surface area contributed by atoms with Gasteiger partial charge in [0.25, 0.3) is 5.91 Å². The number of nitrogens with zero attached hydrogens (tertiary/aromatic N) is 2. The first kappa shape index (κ1) is 15.8. The number of rotatable bonds is 3. The molecule has 1 atom stereocenters. The standard InChI is InChI=1S/C17H23N3O3/c1-3-9-20-13(2)17(23-12-15(20)21)6-10-19(11-7-17)16(22)14-5-4-8-18-14/h3-5,8,13,18H,1,6-7,9-12H2,2H3/t13-/m0/s1. The Morgan fingerprint density at radius 2 is 2.26 bits per heavy atom. The minimum atomic E-state index is -0.358. The van der Waals surface area contributed by atoms with Crippen molar-refractivity contribution in [3.05, 3.63) is 36.7 Å². The minimum Gasteiger partial charge on any atom is -0.363 e. The maximum absolute atomic E-state index is 12.4. The van der Waals surface area contributed by atoms with Gasteiger partial charge in [-0.2, -0.15) is 0 Å². The number of H-pyrrole nitrogens is 1. The highest BCUT2D eigenvalue weighted by Gasteiger charge is 2.48. The van der Waals surface area contributed by atoms with Gasteiger partial charge in [-0.3, -0.25) is 9.59 Å². The van der Waals surface area contributed by atoms with Crippen LogP contribution < -0.4 is 0 Å². The molecule has 3 heterocycles. The summed E-state index contributed by atoms with van der Waals surface area (Å²) in [4.78, 5) is 31.1. The fraction of sp³-hybridized carbons (Fsp3) is 0.529. The van der Waals surface area contributed by atoms with Crippen molar-refractivity contribution in [3.63, 3.8) is 0 Å². The first-order valence-corrected chi connectivity index (χ1v) is 8.04. The van der Waals surface area contributed by atoms with E-state index in [4.69, 9.17) is 4.74 Å². The van der Waals surface area contributed by atoms with Gasteiger partial charge in [-0.05, 0) is 31.9 Å². The molecule has 3 rings (SSSR count). The lowest BCUT2D eigenvalue weighted by Gasteiger charge is -2.51. The molecule has 2 amide bonds. The highest BCUT2D eigenvalue weighted by atomic mass is 16.5. The first-order valence-electron chi connectivity index (χ1n) is 8.04. The van der Waals surface area contributed by atoms with Gasteiger partial charge in [0.15, 0.2) is 0 Å². The summed E-state index contributed by atoms with van der Waals surface area (Å²) in [7, 11) is 0. The summed E-state index contributed by atoms with van der Waals surface area (Å²) in [6.45, 7) is 7.69. The van der Waals surface area contributed by atoms with E-state index < -0.39 is 0 Å². The number of nitrogens with one attached hydrogen (secondary N) is 1. The molecule has 2 aliphatic heterocycles. The Morgan fingerprint density at radius 3 is 2.87 bits per heavy atom. The summed E-state index contributed by atoms with van der Waals surface area (Å²) in [6.07, 6.45) is 4.98. The Morgan fingerprint density at radius 1 is 1.52 bits per heavy atom. The Bertz CT molecular complexity index is 588. The zero-order valence-electron chi connectivity index (χ0n) is 13.5. The van der Waals surface area contributed by atoms with Crippen molar-refractivity contribution in [2.75, 3.05) is 26.2 Å². The fourth-order valence-electron chi connectivity index (χ4n) is 3.59. The summed E-state index contributed by atoms with van der Waals surface area (Å²) in [6, 6.07) is 3.60. The molecule has 0 saturated carbocycles. The molecule has 6 heteroatoms. The van der Waals surface area contributed by atoms with Crippen LogP contribution in [0.25, 0.3) is 0 Å². The molecule has 1 aromatic heterocycles. The maximum atomic E-state index is 12.4. The smallest absolute Gasteiger partial charge is 0.270 e. The van der Waals surface area contributed by atoms with Crippen LogP contribution in [0.2, 0.25) is 0 Å². The summed E-state index contributed by atoms with van der Waals surface area (Å²) < 4.78 is 5.96. The van der Waals surface area contributed by atoms with E-state index in [0.717, 1.165) is 12.8 Å². The van der Waals surface area contributed by atoms with Crippen molar-refractivity contribution >= 4 is 11.8 Å². The van der Waals surface area contributed by atoms with Crippen molar-refractivity contribution in [1.82, 2.24) is 14.8 Å². The Balaban J connectivity index is 1.68. The average molecular weight is 317 g/mol. The SMILES string of the molecule is C=CCN1C(=O)COC2(CCN(C(=O)c3ccc[nH]3)CC2)[C@@H]1C. The number of piperidine rings is 1. The van der Waals surface area contributed by atoms with E-state index in [1.165, 1.54) is 0 Å². The van der Waals surface area contributed by atoms with Crippen LogP contribution in [0, 0.1) is 0 Å². The molecule has 124 valence electrons. The molecule has 2 aliphatic rings. The number of carbonyl (C=O) groups excluding carboxylic acids is 2. The molecule has 0 aromatic carbocycles. The van der Waals surface area contributed by atoms with Gasteiger partial charge in [0.1, 0.15) is 12.3 Å². The lowest BCUT2D eigenvalue weighted by atomic mass is 9.82. The highest BCUT2D eigenvalue weighted by Crippen LogP contribution is 2.35. The van der Waals surface area contributed by atoms with Gasteiger partial charge in [0, 0.05) is 25.8 Å². The quantitative estimate of drug-likeness (QED) is 0.858. The molecule has 1 N–H and O–H groups in total. The minimum absolute atomic E-state index is 0.00733. The Hall–Kier alpha value is -2.08. The molecule has 0 radical (unpaired) electrons. The van der Waals surface area contributed by atoms with Crippen molar-refractivity contribution in [3.8, 4) is 0 Å². The number of aromatic nitrogens is 1. The number of amides is 2. The van der Waals surface area contributed by atoms with Crippen molar-refractivity contribution < 1.29 is 14.3 Å². The molecule has 2 saturated heterocycles. The number of ether oxygens (including phenoxy) is 1. The fourth-order valence-corrected chi connectivity index (χ4v) is 3.59. The Labute approximate surface area is 136 Å². The number of hydrogen-bond donors (Lipinski definition) is 1. The molecule has 2 fully saturated rings. The van der Waals surface area contributed by atoms with Crippen LogP contribution in [0.1, 0.15) is 30.3 Å². The molecule has 0 bridgehead atoms. The van der Waals surface area contributed by atoms with Crippen molar-refractivity contribution in [1.29, 1.82) is 0 Å². The van der Waals surface area contributed by atoms with E-state index in [2.05, 4.69) is 11.6 Å². The van der Waals surface area contributed by atoms with Gasteiger partial charge >= 0.3 is 0 Å². The number of likely N-dealkylation sites (tertiary alicyclic amines) is 1. The zero-order valence-corrected chi connectivity index (χ0v) is 13.5. The van der Waals surface area contributed by atoms with Gasteiger partial charge in [0.2, 0.25) is 5.91 Å². The van der Waals surface area contributed by atoms with Gasteiger partial charge in [-0.1, -0.05) is 6.08 Å². The van der Waals surface area contributed by atoms with E-state index >= 15 is 0 Å². The topological polar surface area (TPSA) is 65.6 Å². The molecule has 1 spiro atoms. The van der Waals surface area contributed by atoms with E-state index in [-0.39, 0.29) is 30.1 Å². The van der Waals surface area contributed by atoms with Gasteiger partial charge in [0.05, 0.1) is 11.6 Å². The summed E-state index contributed by atoms with van der Waals surface area (Å²) in [5.41, 5.74) is 0.255. The predicted molar refractivity (Wildman–Crippen MR) is 86.0 cm³/mol. The predicted octanol–water partition coefficient (Wildman–Crippen LogP) is 1.42. The van der Waals surface area contributed by atoms with Gasteiger partial charge < -0.3 is 19.5 Å². The lowest BCUT2D eigenvalue weighted by Crippen LogP contribution is -2.64. The largest absolute Gasteiger partial charge is 0.363 e. The summed E-state index contributed by atoms with van der Waals surface area (Å²) >= 11 is 0. The van der Waals surface area contributed by atoms with Gasteiger partial charge in [-0.15, -0.1) is 6.58 Å². The number of hydrogen-bond acceptors (Lipinski definition) is 3. The lowest BCUT2D eigenvalue weighted by molar-refractivity contribution is -0.183. The Kier molecular flexibility index (Phi) is 4.26. The van der Waals surface area contributed by atoms with Crippen LogP contribution in [0.3, 0.4) is 0 Å². The van der Waals surface area contributed by atoms with Crippen LogP contribution in [0.15, 0.2) is 31.0 Å². The molecule has 0 unspecified atom stereocenters. The van der Waals surface area contributed by atoms with Crippen LogP contribution in [0.5, 0.6) is 0 Å². The molecular formula is C17H23N3O3. The third-order valence-electron chi connectivity index (χ3n) is 5.08. The van der Waals surface area contributed by atoms with Crippen molar-refractivity contribution in [2.24, 2.45) is 0 Å². The van der Waals surface area contributed by atoms with Crippen LogP contribution in [-0.2, 0) is 9.53 Å². The third kappa shape index (κ3) is 2.79. The van der Waals surface area contributed by atoms with Crippen LogP contribution in [-0.4, -0.2) is 64.5 Å². The second-order valence-corrected chi connectivity index (χ2v) is 6.24. The van der Waals surface area contributed by atoms with E-state index in [1.54, 1.807) is 18.3 Å². The molecule has 6 nitrogen and oxygen atoms in total.